The molecule has 0 radical (unpaired) electrons. The van der Waals surface area contributed by atoms with Gasteiger partial charge in [0.1, 0.15) is 11.4 Å². The van der Waals surface area contributed by atoms with Gasteiger partial charge in [-0.05, 0) is 43.1 Å². The number of Topliss-reactive ketones (excluding diaryl/α,β-unsaturated/α-hetero) is 1. The molecular formula is C19H26O2Si. The third-order valence-corrected chi connectivity index (χ3v) is 9.58. The number of carbonyl (C=O) groups excluding carboxylic acids is 1. The predicted octanol–water partition coefficient (Wildman–Crippen LogP) is 4.08. The number of hydrogen-bond donors (Lipinski definition) is 0. The van der Waals surface area contributed by atoms with E-state index in [1.165, 1.54) is 0 Å². The Morgan fingerprint density at radius 3 is 2.64 bits per heavy atom. The first-order chi connectivity index (χ1) is 10.2. The molecule has 2 aliphatic rings. The molecule has 2 nitrogen and oxygen atoms in total. The van der Waals surface area contributed by atoms with E-state index in [1.54, 1.807) is 12.2 Å². The highest BCUT2D eigenvalue weighted by Crippen LogP contribution is 2.43. The monoisotopic (exact) mass is 314 g/mol. The van der Waals surface area contributed by atoms with E-state index in [4.69, 9.17) is 4.43 Å². The predicted molar refractivity (Wildman–Crippen MR) is 92.7 cm³/mol. The van der Waals surface area contributed by atoms with Gasteiger partial charge in [-0.15, -0.1) is 0 Å². The van der Waals surface area contributed by atoms with Gasteiger partial charge in [0.25, 0.3) is 0 Å². The van der Waals surface area contributed by atoms with Gasteiger partial charge in [-0.25, -0.2) is 0 Å². The Labute approximate surface area is 135 Å². The van der Waals surface area contributed by atoms with E-state index in [0.717, 1.165) is 0 Å². The quantitative estimate of drug-likeness (QED) is 0.567. The maximum Gasteiger partial charge on any atom is 0.194 e. The zero-order chi connectivity index (χ0) is 16.4. The van der Waals surface area contributed by atoms with Crippen molar-refractivity contribution in [2.45, 2.75) is 70.2 Å². The zero-order valence-corrected chi connectivity index (χ0v) is 15.4. The summed E-state index contributed by atoms with van der Waals surface area (Å²) in [5.41, 5.74) is -0.481. The number of ketones is 1. The molecule has 2 rings (SSSR count). The van der Waals surface area contributed by atoms with Crippen LogP contribution in [0.25, 0.3) is 0 Å². The molecule has 0 heterocycles. The van der Waals surface area contributed by atoms with E-state index in [-0.39, 0.29) is 11.0 Å². The van der Waals surface area contributed by atoms with Crippen molar-refractivity contribution in [2.24, 2.45) is 5.92 Å². The first-order valence-electron chi connectivity index (χ1n) is 8.04. The fourth-order valence-corrected chi connectivity index (χ4v) is 4.22. The van der Waals surface area contributed by atoms with E-state index in [9.17, 15) is 4.79 Å². The van der Waals surface area contributed by atoms with Gasteiger partial charge in [0.2, 0.25) is 0 Å². The van der Waals surface area contributed by atoms with Gasteiger partial charge in [0.15, 0.2) is 8.32 Å². The van der Waals surface area contributed by atoms with Gasteiger partial charge in [0, 0.05) is 18.8 Å². The SMILES string of the molecule is CC(C)(C)[Si](C)(C)OC12C#C/C=C\C#CCC(C1)C(=O)CC2. The summed E-state index contributed by atoms with van der Waals surface area (Å²) in [6.07, 6.45) is 6.13. The lowest BCUT2D eigenvalue weighted by molar-refractivity contribution is -0.128. The summed E-state index contributed by atoms with van der Waals surface area (Å²) >= 11 is 0. The third kappa shape index (κ3) is 3.72. The van der Waals surface area contributed by atoms with Crippen LogP contribution in [0, 0.1) is 29.6 Å². The van der Waals surface area contributed by atoms with Crippen LogP contribution < -0.4 is 0 Å². The molecule has 2 unspecified atom stereocenters. The third-order valence-electron chi connectivity index (χ3n) is 5.06. The normalized spacial score (nSPS) is 29.7. The molecule has 0 aliphatic heterocycles. The van der Waals surface area contributed by atoms with Crippen LogP contribution in [0.4, 0.5) is 0 Å². The number of hydrogen-bond acceptors (Lipinski definition) is 2. The van der Waals surface area contributed by atoms with Crippen molar-refractivity contribution in [3.05, 3.63) is 12.2 Å². The highest BCUT2D eigenvalue weighted by atomic mass is 28.4. The summed E-state index contributed by atoms with van der Waals surface area (Å²) in [4.78, 5) is 12.2. The summed E-state index contributed by atoms with van der Waals surface area (Å²) in [5, 5.41) is 0.130. The Morgan fingerprint density at radius 2 is 1.95 bits per heavy atom. The molecule has 0 amide bonds. The first kappa shape index (κ1) is 17.1. The molecule has 1 saturated carbocycles. The highest BCUT2D eigenvalue weighted by molar-refractivity contribution is 6.74. The average Bonchev–Trinajstić information content (AvgIpc) is 2.40. The minimum atomic E-state index is -1.95. The largest absolute Gasteiger partial charge is 0.401 e. The van der Waals surface area contributed by atoms with Crippen molar-refractivity contribution in [3.63, 3.8) is 0 Å². The lowest BCUT2D eigenvalue weighted by Crippen LogP contribution is -2.52. The van der Waals surface area contributed by atoms with Crippen LogP contribution in [0.1, 0.15) is 46.5 Å². The summed E-state index contributed by atoms with van der Waals surface area (Å²) in [7, 11) is -1.95. The van der Waals surface area contributed by atoms with Crippen LogP contribution in [0.3, 0.4) is 0 Å². The lowest BCUT2D eigenvalue weighted by atomic mass is 9.76. The van der Waals surface area contributed by atoms with E-state index >= 15 is 0 Å². The highest BCUT2D eigenvalue weighted by Gasteiger charge is 2.47. The summed E-state index contributed by atoms with van der Waals surface area (Å²) in [6, 6.07) is 0. The van der Waals surface area contributed by atoms with Crippen molar-refractivity contribution >= 4 is 14.1 Å². The Morgan fingerprint density at radius 1 is 1.27 bits per heavy atom. The second-order valence-corrected chi connectivity index (χ2v) is 12.6. The summed E-state index contributed by atoms with van der Waals surface area (Å²) in [5.74, 6) is 12.7. The maximum atomic E-state index is 12.2. The standard InChI is InChI=1S/C19H26O2Si/c1-18(2,3)22(4,5)21-19-13-10-8-6-7-9-11-16(15-19)17(20)12-14-19/h6,8,16H,11-12,14-15H2,1-5H3/b8-6-. The van der Waals surface area contributed by atoms with Crippen LogP contribution in [-0.2, 0) is 9.22 Å². The second kappa shape index (κ2) is 6.07. The summed E-state index contributed by atoms with van der Waals surface area (Å²) in [6.45, 7) is 11.2. The molecule has 0 saturated heterocycles. The number of carbonyl (C=O) groups is 1. The molecule has 2 aliphatic carbocycles. The van der Waals surface area contributed by atoms with Gasteiger partial charge < -0.3 is 4.43 Å². The number of fused-ring (bicyclic) bond motifs is 2. The average molecular weight is 315 g/mol. The topological polar surface area (TPSA) is 26.3 Å². The van der Waals surface area contributed by atoms with Gasteiger partial charge in [-0.3, -0.25) is 4.79 Å². The summed E-state index contributed by atoms with van der Waals surface area (Å²) < 4.78 is 6.71. The van der Waals surface area contributed by atoms with Crippen molar-refractivity contribution < 1.29 is 9.22 Å². The molecule has 0 aromatic heterocycles. The molecule has 1 fully saturated rings. The smallest absolute Gasteiger partial charge is 0.194 e. The van der Waals surface area contributed by atoms with Gasteiger partial charge in [-0.2, -0.15) is 0 Å². The van der Waals surface area contributed by atoms with Crippen molar-refractivity contribution in [2.75, 3.05) is 0 Å². The molecule has 0 aromatic rings. The Kier molecular flexibility index (Phi) is 4.71. The minimum Gasteiger partial charge on any atom is -0.401 e. The fourth-order valence-electron chi connectivity index (χ4n) is 2.70. The minimum absolute atomic E-state index is 0.0354. The maximum absolute atomic E-state index is 12.2. The number of allylic oxidation sites excluding steroid dienone is 2. The molecule has 2 bridgehead atoms. The molecule has 0 N–H and O–H groups in total. The fraction of sp³-hybridized carbons (Fsp3) is 0.632. The molecule has 2 atom stereocenters. The van der Waals surface area contributed by atoms with Crippen molar-refractivity contribution in [1.82, 2.24) is 0 Å². The second-order valence-electron chi connectivity index (χ2n) is 7.85. The molecular weight excluding hydrogens is 288 g/mol. The van der Waals surface area contributed by atoms with Gasteiger partial charge in [-0.1, -0.05) is 44.5 Å². The van der Waals surface area contributed by atoms with Crippen LogP contribution in [0.5, 0.6) is 0 Å². The Balaban J connectivity index is 2.36. The molecule has 118 valence electrons. The van der Waals surface area contributed by atoms with Crippen molar-refractivity contribution in [1.29, 1.82) is 0 Å². The Hall–Kier alpha value is -1.29. The molecule has 22 heavy (non-hydrogen) atoms. The zero-order valence-electron chi connectivity index (χ0n) is 14.4. The van der Waals surface area contributed by atoms with Crippen LogP contribution in [-0.4, -0.2) is 19.7 Å². The van der Waals surface area contributed by atoms with Crippen LogP contribution in [0.15, 0.2) is 12.2 Å². The van der Waals surface area contributed by atoms with Crippen molar-refractivity contribution in [3.8, 4) is 23.7 Å². The number of rotatable bonds is 2. The molecule has 0 spiro atoms. The van der Waals surface area contributed by atoms with E-state index in [1.807, 2.05) is 0 Å². The molecule has 3 heteroatoms. The van der Waals surface area contributed by atoms with Gasteiger partial charge in [0.05, 0.1) is 0 Å². The van der Waals surface area contributed by atoms with E-state index < -0.39 is 13.9 Å². The molecule has 0 aromatic carbocycles. The van der Waals surface area contributed by atoms with Gasteiger partial charge >= 0.3 is 0 Å². The Bertz CT molecular complexity index is 601. The van der Waals surface area contributed by atoms with Crippen LogP contribution in [0.2, 0.25) is 18.1 Å². The van der Waals surface area contributed by atoms with E-state index in [0.29, 0.717) is 31.5 Å². The lowest BCUT2D eigenvalue weighted by Gasteiger charge is -2.46. The van der Waals surface area contributed by atoms with E-state index in [2.05, 4.69) is 57.5 Å². The van der Waals surface area contributed by atoms with Crippen LogP contribution >= 0.6 is 0 Å². The first-order valence-corrected chi connectivity index (χ1v) is 11.0.